The topological polar surface area (TPSA) is 53.0 Å². The first-order valence-corrected chi connectivity index (χ1v) is 11.6. The lowest BCUT2D eigenvalue weighted by molar-refractivity contribution is -0.145. The number of fused-ring (bicyclic) bond motifs is 2. The van der Waals surface area contributed by atoms with Gasteiger partial charge in [-0.05, 0) is 30.9 Å². The molecule has 1 N–H and O–H groups in total. The van der Waals surface area contributed by atoms with Gasteiger partial charge in [-0.15, -0.1) is 0 Å². The molecule has 0 bridgehead atoms. The van der Waals surface area contributed by atoms with Gasteiger partial charge in [0.1, 0.15) is 6.10 Å². The van der Waals surface area contributed by atoms with E-state index in [2.05, 4.69) is 54.0 Å². The van der Waals surface area contributed by atoms with Crippen molar-refractivity contribution in [2.75, 3.05) is 37.6 Å². The van der Waals surface area contributed by atoms with Gasteiger partial charge in [0.05, 0.1) is 12.0 Å². The van der Waals surface area contributed by atoms with Crippen molar-refractivity contribution in [3.63, 3.8) is 0 Å². The van der Waals surface area contributed by atoms with Gasteiger partial charge in [0.15, 0.2) is 0 Å². The van der Waals surface area contributed by atoms with Crippen LogP contribution in [-0.2, 0) is 9.53 Å². The molecule has 5 nitrogen and oxygen atoms in total. The Balaban J connectivity index is 1.28. The molecule has 1 aromatic rings. The molecule has 1 aromatic carbocycles. The van der Waals surface area contributed by atoms with Gasteiger partial charge in [-0.3, -0.25) is 9.69 Å². The molecular weight excluding hydrogens is 376 g/mol. The van der Waals surface area contributed by atoms with Gasteiger partial charge in [0.2, 0.25) is 0 Å². The molecule has 30 heavy (non-hydrogen) atoms. The van der Waals surface area contributed by atoms with Crippen LogP contribution in [-0.4, -0.2) is 60.9 Å². The number of aliphatic hydroxyl groups is 1. The maximum absolute atomic E-state index is 12.8. The Hall–Kier alpha value is -1.85. The van der Waals surface area contributed by atoms with Crippen LogP contribution in [0.1, 0.15) is 33.1 Å². The van der Waals surface area contributed by atoms with E-state index < -0.39 is 6.10 Å². The molecule has 1 saturated carbocycles. The maximum Gasteiger partial charge on any atom is 0.311 e. The van der Waals surface area contributed by atoms with Crippen molar-refractivity contribution in [2.24, 2.45) is 23.2 Å². The maximum atomic E-state index is 12.8. The number of allylic oxidation sites excluding steroid dienone is 1. The van der Waals surface area contributed by atoms with E-state index in [0.717, 1.165) is 45.4 Å². The van der Waals surface area contributed by atoms with Crippen molar-refractivity contribution in [3.05, 3.63) is 42.0 Å². The summed E-state index contributed by atoms with van der Waals surface area (Å²) in [5, 5.41) is 11.5. The van der Waals surface area contributed by atoms with E-state index in [4.69, 9.17) is 4.74 Å². The van der Waals surface area contributed by atoms with Gasteiger partial charge < -0.3 is 14.7 Å². The number of carbonyl (C=O) groups excluding carboxylic acids is 1. The molecule has 0 aromatic heterocycles. The monoisotopic (exact) mass is 410 g/mol. The number of ether oxygens (including phenoxy) is 1. The normalized spacial score (nSPS) is 39.2. The summed E-state index contributed by atoms with van der Waals surface area (Å²) < 4.78 is 5.83. The van der Waals surface area contributed by atoms with Crippen molar-refractivity contribution in [3.8, 4) is 0 Å². The molecule has 2 heterocycles. The third kappa shape index (κ3) is 3.18. The number of hydrogen-bond acceptors (Lipinski definition) is 5. The largest absolute Gasteiger partial charge is 0.461 e. The number of nitrogens with zero attached hydrogens (tertiary/aromatic N) is 2. The van der Waals surface area contributed by atoms with E-state index >= 15 is 0 Å². The first-order valence-electron chi connectivity index (χ1n) is 11.6. The minimum Gasteiger partial charge on any atom is -0.461 e. The highest BCUT2D eigenvalue weighted by atomic mass is 16.6. The summed E-state index contributed by atoms with van der Waals surface area (Å²) in [6, 6.07) is 10.5. The average Bonchev–Trinajstić information content (AvgIpc) is 3.07. The van der Waals surface area contributed by atoms with Gasteiger partial charge >= 0.3 is 5.97 Å². The van der Waals surface area contributed by atoms with Crippen molar-refractivity contribution in [2.45, 2.75) is 45.3 Å². The zero-order valence-electron chi connectivity index (χ0n) is 18.2. The van der Waals surface area contributed by atoms with Gasteiger partial charge in [-0.25, -0.2) is 0 Å². The standard InChI is InChI=1S/C25H34N2O3/c1-17-7-6-8-18-15-21-22(23(28)25(17,18)2)20(24(29)30-21)16-26-11-13-27(14-12-26)19-9-4-3-5-10-19/h3-5,8-10,17,20-23,28H,6-7,11-16H2,1-2H3/t17-,20+,21+,22-,23+,25+/m0/s1. The summed E-state index contributed by atoms with van der Waals surface area (Å²) in [5.74, 6) is 0.0115. The smallest absolute Gasteiger partial charge is 0.311 e. The van der Waals surface area contributed by atoms with Crippen LogP contribution in [0.3, 0.4) is 0 Å². The third-order valence-electron chi connectivity index (χ3n) is 8.52. The molecular formula is C25H34N2O3. The van der Waals surface area contributed by atoms with Crippen molar-refractivity contribution in [1.29, 1.82) is 0 Å². The van der Waals surface area contributed by atoms with Crippen molar-refractivity contribution in [1.82, 2.24) is 4.90 Å². The molecule has 2 saturated heterocycles. The predicted octanol–water partition coefficient (Wildman–Crippen LogP) is 3.09. The highest BCUT2D eigenvalue weighted by Gasteiger charge is 2.59. The lowest BCUT2D eigenvalue weighted by Crippen LogP contribution is -2.55. The number of aliphatic hydroxyl groups excluding tert-OH is 1. The number of hydrogen-bond donors (Lipinski definition) is 1. The molecule has 0 amide bonds. The number of para-hydroxylation sites is 1. The molecule has 0 unspecified atom stereocenters. The van der Waals surface area contributed by atoms with E-state index in [0.29, 0.717) is 12.5 Å². The van der Waals surface area contributed by atoms with Crippen LogP contribution in [0.4, 0.5) is 5.69 Å². The van der Waals surface area contributed by atoms with Gasteiger partial charge in [0, 0.05) is 56.2 Å². The Morgan fingerprint density at radius 1 is 1.17 bits per heavy atom. The fraction of sp³-hybridized carbons (Fsp3) is 0.640. The van der Waals surface area contributed by atoms with Crippen LogP contribution in [0.25, 0.3) is 0 Å². The number of benzene rings is 1. The quantitative estimate of drug-likeness (QED) is 0.613. The van der Waals surface area contributed by atoms with E-state index in [1.807, 2.05) is 6.07 Å². The van der Waals surface area contributed by atoms with E-state index in [-0.39, 0.29) is 29.3 Å². The lowest BCUT2D eigenvalue weighted by Gasteiger charge is -2.52. The van der Waals surface area contributed by atoms with E-state index in [1.165, 1.54) is 11.3 Å². The highest BCUT2D eigenvalue weighted by Crippen LogP contribution is 2.56. The molecule has 0 radical (unpaired) electrons. The highest BCUT2D eigenvalue weighted by molar-refractivity contribution is 5.76. The van der Waals surface area contributed by atoms with Crippen LogP contribution in [0.2, 0.25) is 0 Å². The van der Waals surface area contributed by atoms with Gasteiger partial charge in [0.25, 0.3) is 0 Å². The second-order valence-electron chi connectivity index (χ2n) is 9.92. The molecule has 0 spiro atoms. The first kappa shape index (κ1) is 20.1. The van der Waals surface area contributed by atoms with Crippen LogP contribution < -0.4 is 4.90 Å². The fourth-order valence-electron chi connectivity index (χ4n) is 6.38. The second kappa shape index (κ2) is 7.69. The Morgan fingerprint density at radius 3 is 2.63 bits per heavy atom. The fourth-order valence-corrected chi connectivity index (χ4v) is 6.38. The summed E-state index contributed by atoms with van der Waals surface area (Å²) >= 11 is 0. The lowest BCUT2D eigenvalue weighted by atomic mass is 9.55. The number of carbonyl (C=O) groups is 1. The molecule has 162 valence electrons. The summed E-state index contributed by atoms with van der Waals surface area (Å²) in [5.41, 5.74) is 2.34. The van der Waals surface area contributed by atoms with Crippen LogP contribution in [0.15, 0.2) is 42.0 Å². The summed E-state index contributed by atoms with van der Waals surface area (Å²) in [4.78, 5) is 17.6. The zero-order valence-corrected chi connectivity index (χ0v) is 18.2. The molecule has 2 aliphatic carbocycles. The minimum absolute atomic E-state index is 0.0904. The number of anilines is 1. The van der Waals surface area contributed by atoms with Crippen molar-refractivity contribution >= 4 is 11.7 Å². The molecule has 5 heteroatoms. The molecule has 4 aliphatic rings. The third-order valence-corrected chi connectivity index (χ3v) is 8.52. The van der Waals surface area contributed by atoms with Crippen LogP contribution in [0, 0.1) is 23.2 Å². The number of esters is 1. The van der Waals surface area contributed by atoms with E-state index in [9.17, 15) is 9.90 Å². The zero-order chi connectivity index (χ0) is 20.9. The average molecular weight is 411 g/mol. The summed E-state index contributed by atoms with van der Waals surface area (Å²) in [7, 11) is 0. The van der Waals surface area contributed by atoms with Gasteiger partial charge in [-0.1, -0.05) is 43.7 Å². The molecule has 6 atom stereocenters. The Kier molecular flexibility index (Phi) is 5.14. The van der Waals surface area contributed by atoms with Crippen molar-refractivity contribution < 1.29 is 14.6 Å². The second-order valence-corrected chi connectivity index (χ2v) is 9.92. The summed E-state index contributed by atoms with van der Waals surface area (Å²) in [6.45, 7) is 8.96. The molecule has 3 fully saturated rings. The number of rotatable bonds is 3. The van der Waals surface area contributed by atoms with Gasteiger partial charge in [-0.2, -0.15) is 0 Å². The van der Waals surface area contributed by atoms with Crippen LogP contribution >= 0.6 is 0 Å². The molecule has 2 aliphatic heterocycles. The summed E-state index contributed by atoms with van der Waals surface area (Å²) in [6.07, 6.45) is 4.59. The van der Waals surface area contributed by atoms with E-state index in [1.54, 1.807) is 0 Å². The first-order chi connectivity index (χ1) is 14.5. The molecule has 5 rings (SSSR count). The Bertz CT molecular complexity index is 817. The predicted molar refractivity (Wildman–Crippen MR) is 117 cm³/mol. The number of piperazine rings is 1. The van der Waals surface area contributed by atoms with Crippen LogP contribution in [0.5, 0.6) is 0 Å². The Morgan fingerprint density at radius 2 is 1.90 bits per heavy atom. The Labute approximate surface area is 179 Å². The minimum atomic E-state index is -0.514. The SMILES string of the molecule is C[C@H]1CCC=C2C[C@H]3OC(=O)[C@H](CN4CCN(c5ccccc5)CC4)[C@@H]3[C@@H](O)[C@@]21C.